The summed E-state index contributed by atoms with van der Waals surface area (Å²) >= 11 is 0.876. The third-order valence-corrected chi connectivity index (χ3v) is 6.22. The molecule has 178 valence electrons. The molecular formula is C27H22FNO5S. The molecule has 1 aliphatic rings. The van der Waals surface area contributed by atoms with Crippen molar-refractivity contribution in [3.05, 3.63) is 99.7 Å². The number of imide groups is 1. The van der Waals surface area contributed by atoms with Crippen LogP contribution >= 0.6 is 11.8 Å². The summed E-state index contributed by atoms with van der Waals surface area (Å²) in [6.45, 7) is 4.24. The maximum absolute atomic E-state index is 13.1. The van der Waals surface area contributed by atoms with Crippen molar-refractivity contribution in [2.45, 2.75) is 20.4 Å². The van der Waals surface area contributed by atoms with Gasteiger partial charge in [-0.15, -0.1) is 0 Å². The molecule has 8 heteroatoms. The molecule has 1 heterocycles. The van der Waals surface area contributed by atoms with E-state index >= 15 is 0 Å². The van der Waals surface area contributed by atoms with E-state index < -0.39 is 11.8 Å². The van der Waals surface area contributed by atoms with Crippen LogP contribution in [0.3, 0.4) is 0 Å². The fourth-order valence-corrected chi connectivity index (χ4v) is 4.30. The Labute approximate surface area is 206 Å². The first-order chi connectivity index (χ1) is 16.9. The Kier molecular flexibility index (Phi) is 7.31. The van der Waals surface area contributed by atoms with Crippen LogP contribution in [0.2, 0.25) is 0 Å². The van der Waals surface area contributed by atoms with Gasteiger partial charge in [0.2, 0.25) is 0 Å². The number of carbonyl (C=O) groups is 3. The summed E-state index contributed by atoms with van der Waals surface area (Å²) in [7, 11) is 0. The van der Waals surface area contributed by atoms with Gasteiger partial charge in [-0.2, -0.15) is 0 Å². The topological polar surface area (TPSA) is 72.9 Å². The second-order valence-corrected chi connectivity index (χ2v) is 8.72. The first-order valence-corrected chi connectivity index (χ1v) is 11.7. The van der Waals surface area contributed by atoms with Gasteiger partial charge in [-0.05, 0) is 84.8 Å². The third-order valence-electron chi connectivity index (χ3n) is 5.31. The minimum atomic E-state index is -0.656. The number of thioether (sulfide) groups is 1. The van der Waals surface area contributed by atoms with Crippen LogP contribution in [-0.2, 0) is 11.3 Å². The predicted molar refractivity (Wildman–Crippen MR) is 132 cm³/mol. The normalized spacial score (nSPS) is 14.5. The van der Waals surface area contributed by atoms with E-state index in [0.29, 0.717) is 22.8 Å². The van der Waals surface area contributed by atoms with Crippen LogP contribution in [0.5, 0.6) is 11.5 Å². The van der Waals surface area contributed by atoms with Gasteiger partial charge in [0.15, 0.2) is 11.5 Å². The van der Waals surface area contributed by atoms with E-state index in [4.69, 9.17) is 9.47 Å². The van der Waals surface area contributed by atoms with E-state index in [-0.39, 0.29) is 29.0 Å². The van der Waals surface area contributed by atoms with Crippen LogP contribution in [0, 0.1) is 12.7 Å². The average molecular weight is 492 g/mol. The molecule has 4 rings (SSSR count). The van der Waals surface area contributed by atoms with E-state index in [1.54, 1.807) is 31.2 Å². The fraction of sp³-hybridized carbons (Fsp3) is 0.148. The Bertz CT molecular complexity index is 1320. The van der Waals surface area contributed by atoms with Crippen molar-refractivity contribution in [3.63, 3.8) is 0 Å². The number of amides is 2. The molecule has 0 atom stereocenters. The van der Waals surface area contributed by atoms with Crippen molar-refractivity contribution in [2.24, 2.45) is 0 Å². The van der Waals surface area contributed by atoms with Gasteiger partial charge in [-0.25, -0.2) is 9.18 Å². The van der Waals surface area contributed by atoms with Crippen LogP contribution in [0.15, 0.2) is 71.6 Å². The Morgan fingerprint density at radius 3 is 2.49 bits per heavy atom. The first kappa shape index (κ1) is 24.2. The highest BCUT2D eigenvalue weighted by Crippen LogP contribution is 2.36. The summed E-state index contributed by atoms with van der Waals surface area (Å²) in [5.41, 5.74) is 2.71. The van der Waals surface area contributed by atoms with Crippen molar-refractivity contribution in [2.75, 3.05) is 6.61 Å². The number of ether oxygens (including phenoxy) is 2. The van der Waals surface area contributed by atoms with Crippen molar-refractivity contribution < 1.29 is 28.2 Å². The van der Waals surface area contributed by atoms with Gasteiger partial charge in [0.25, 0.3) is 11.1 Å². The molecule has 0 radical (unpaired) electrons. The van der Waals surface area contributed by atoms with E-state index in [9.17, 15) is 18.8 Å². The molecule has 6 nitrogen and oxygen atoms in total. The lowest BCUT2D eigenvalue weighted by molar-refractivity contribution is -0.123. The summed E-state index contributed by atoms with van der Waals surface area (Å²) in [5.74, 6) is -0.991. The van der Waals surface area contributed by atoms with E-state index in [0.717, 1.165) is 22.9 Å². The number of rotatable bonds is 7. The minimum Gasteiger partial charge on any atom is -0.490 e. The molecule has 0 unspecified atom stereocenters. The van der Waals surface area contributed by atoms with Crippen LogP contribution in [0.25, 0.3) is 6.08 Å². The molecular weight excluding hydrogens is 469 g/mol. The zero-order valence-electron chi connectivity index (χ0n) is 19.1. The smallest absolute Gasteiger partial charge is 0.343 e. The highest BCUT2D eigenvalue weighted by molar-refractivity contribution is 8.18. The average Bonchev–Trinajstić information content (AvgIpc) is 3.10. The molecule has 1 aliphatic heterocycles. The molecule has 0 aliphatic carbocycles. The number of halogens is 1. The monoisotopic (exact) mass is 491 g/mol. The number of aryl methyl sites for hydroxylation is 1. The second kappa shape index (κ2) is 10.6. The van der Waals surface area contributed by atoms with Gasteiger partial charge in [-0.1, -0.05) is 30.3 Å². The zero-order chi connectivity index (χ0) is 24.9. The van der Waals surface area contributed by atoms with E-state index in [1.165, 1.54) is 29.2 Å². The molecule has 3 aromatic rings. The number of hydrogen-bond donors (Lipinski definition) is 0. The van der Waals surface area contributed by atoms with Crippen LogP contribution in [-0.4, -0.2) is 28.6 Å². The number of benzene rings is 3. The summed E-state index contributed by atoms with van der Waals surface area (Å²) in [6.07, 6.45) is 1.61. The van der Waals surface area contributed by atoms with Gasteiger partial charge in [0.05, 0.1) is 23.6 Å². The zero-order valence-corrected chi connectivity index (χ0v) is 19.9. The number of esters is 1. The fourth-order valence-electron chi connectivity index (χ4n) is 3.46. The second-order valence-electron chi connectivity index (χ2n) is 7.73. The minimum absolute atomic E-state index is 0.186. The molecule has 0 spiro atoms. The molecule has 3 aromatic carbocycles. The largest absolute Gasteiger partial charge is 0.490 e. The lowest BCUT2D eigenvalue weighted by Crippen LogP contribution is -2.27. The van der Waals surface area contributed by atoms with Crippen molar-refractivity contribution in [1.82, 2.24) is 4.90 Å². The third kappa shape index (κ3) is 5.60. The van der Waals surface area contributed by atoms with E-state index in [2.05, 4.69) is 0 Å². The van der Waals surface area contributed by atoms with Gasteiger partial charge in [0, 0.05) is 0 Å². The van der Waals surface area contributed by atoms with Crippen molar-refractivity contribution in [3.8, 4) is 11.5 Å². The number of hydrogen-bond acceptors (Lipinski definition) is 6. The highest BCUT2D eigenvalue weighted by Gasteiger charge is 2.35. The molecule has 35 heavy (non-hydrogen) atoms. The molecule has 0 bridgehead atoms. The Balaban J connectivity index is 1.54. The SMILES string of the molecule is CCOc1cc(/C=C2\SC(=O)N(Cc3ccccc3C)C2=O)ccc1OC(=O)c1ccc(F)cc1. The van der Waals surface area contributed by atoms with Gasteiger partial charge < -0.3 is 9.47 Å². The summed E-state index contributed by atoms with van der Waals surface area (Å²) in [6, 6.07) is 17.5. The highest BCUT2D eigenvalue weighted by atomic mass is 32.2. The standard InChI is InChI=1S/C27H22FNO5S/c1-3-33-23-14-18(8-13-22(23)34-26(31)19-9-11-21(28)12-10-19)15-24-25(30)29(27(32)35-24)16-20-7-5-4-6-17(20)2/h4-15H,3,16H2,1-2H3/b24-15-. The molecule has 0 N–H and O–H groups in total. The number of nitrogens with zero attached hydrogens (tertiary/aromatic N) is 1. The lowest BCUT2D eigenvalue weighted by Gasteiger charge is -2.14. The molecule has 0 aromatic heterocycles. The summed E-state index contributed by atoms with van der Waals surface area (Å²) in [4.78, 5) is 39.4. The Morgan fingerprint density at radius 1 is 1.03 bits per heavy atom. The van der Waals surface area contributed by atoms with Crippen LogP contribution in [0.4, 0.5) is 9.18 Å². The molecule has 0 saturated carbocycles. The number of carbonyl (C=O) groups excluding carboxylic acids is 3. The quantitative estimate of drug-likeness (QED) is 0.230. The maximum atomic E-state index is 13.1. The van der Waals surface area contributed by atoms with Gasteiger partial charge in [-0.3, -0.25) is 14.5 Å². The van der Waals surface area contributed by atoms with Crippen molar-refractivity contribution in [1.29, 1.82) is 0 Å². The van der Waals surface area contributed by atoms with Crippen molar-refractivity contribution >= 4 is 35.0 Å². The first-order valence-electron chi connectivity index (χ1n) is 10.9. The predicted octanol–water partition coefficient (Wildman–Crippen LogP) is 5.99. The summed E-state index contributed by atoms with van der Waals surface area (Å²) < 4.78 is 24.2. The Morgan fingerprint density at radius 2 is 1.77 bits per heavy atom. The molecule has 2 amide bonds. The molecule has 1 fully saturated rings. The van der Waals surface area contributed by atoms with Crippen LogP contribution < -0.4 is 9.47 Å². The Hall–Kier alpha value is -3.91. The van der Waals surface area contributed by atoms with Crippen LogP contribution in [0.1, 0.15) is 34.0 Å². The van der Waals surface area contributed by atoms with Gasteiger partial charge >= 0.3 is 5.97 Å². The van der Waals surface area contributed by atoms with E-state index in [1.807, 2.05) is 31.2 Å². The molecule has 1 saturated heterocycles. The maximum Gasteiger partial charge on any atom is 0.343 e. The van der Waals surface area contributed by atoms with Gasteiger partial charge in [0.1, 0.15) is 5.82 Å². The summed E-state index contributed by atoms with van der Waals surface area (Å²) in [5, 5.41) is -0.334. The lowest BCUT2D eigenvalue weighted by atomic mass is 10.1.